The van der Waals surface area contributed by atoms with E-state index in [0.717, 1.165) is 0 Å². The van der Waals surface area contributed by atoms with Gasteiger partial charge in [-0.05, 0) is 18.2 Å². The number of carboxylic acid groups (broad SMARTS) is 1. The van der Waals surface area contributed by atoms with E-state index in [1.807, 2.05) is 0 Å². The van der Waals surface area contributed by atoms with Crippen LogP contribution >= 0.6 is 23.2 Å². The van der Waals surface area contributed by atoms with E-state index < -0.39 is 18.7 Å². The topological polar surface area (TPSA) is 46.5 Å². The Morgan fingerprint density at radius 2 is 2.18 bits per heavy atom. The fourth-order valence-electron chi connectivity index (χ4n) is 1.59. The average molecular weight is 277 g/mol. The van der Waals surface area contributed by atoms with Gasteiger partial charge in [0.15, 0.2) is 6.10 Å². The molecule has 0 saturated carbocycles. The Hall–Kier alpha value is -1.26. The molecule has 1 aromatic rings. The Morgan fingerprint density at radius 1 is 1.47 bits per heavy atom. The highest BCUT2D eigenvalue weighted by atomic mass is 35.5. The molecular weight excluding hydrogens is 270 g/mol. The molecule has 0 aromatic heterocycles. The number of hydrogen-bond acceptors (Lipinski definition) is 2. The highest BCUT2D eigenvalue weighted by Crippen LogP contribution is 2.38. The van der Waals surface area contributed by atoms with Crippen LogP contribution in [-0.4, -0.2) is 23.9 Å². The van der Waals surface area contributed by atoms with E-state index in [-0.39, 0.29) is 16.3 Å². The molecule has 0 bridgehead atoms. The van der Waals surface area contributed by atoms with E-state index in [9.17, 15) is 9.18 Å². The highest BCUT2D eigenvalue weighted by molar-refractivity contribution is 6.36. The summed E-state index contributed by atoms with van der Waals surface area (Å²) in [4.78, 5) is 10.9. The lowest BCUT2D eigenvalue weighted by atomic mass is 10.0. The van der Waals surface area contributed by atoms with Crippen LogP contribution < -0.4 is 4.74 Å². The molecule has 1 aliphatic rings. The molecule has 0 radical (unpaired) electrons. The lowest BCUT2D eigenvalue weighted by molar-refractivity contribution is -0.133. The molecule has 3 nitrogen and oxygen atoms in total. The van der Waals surface area contributed by atoms with Gasteiger partial charge in [0.2, 0.25) is 0 Å². The van der Waals surface area contributed by atoms with E-state index in [2.05, 4.69) is 0 Å². The summed E-state index contributed by atoms with van der Waals surface area (Å²) in [6, 6.07) is 2.97. The Bertz CT molecular complexity index is 514. The molecule has 1 N–H and O–H groups in total. The van der Waals surface area contributed by atoms with Crippen molar-refractivity contribution in [2.24, 2.45) is 0 Å². The van der Waals surface area contributed by atoms with Crippen LogP contribution in [0.5, 0.6) is 5.75 Å². The standard InChI is InChI=1S/C11H7Cl2FO3/c12-6-1-5-2-7(11(15)16)9(4-14)17-10(5)8(13)3-6/h1-3,9H,4H2,(H,15,16)/t9-/m1/s1. The van der Waals surface area contributed by atoms with E-state index in [0.29, 0.717) is 10.6 Å². The highest BCUT2D eigenvalue weighted by Gasteiger charge is 2.29. The molecule has 1 aliphatic heterocycles. The second-order valence-electron chi connectivity index (χ2n) is 3.47. The number of rotatable bonds is 2. The van der Waals surface area contributed by atoms with Gasteiger partial charge < -0.3 is 9.84 Å². The Labute approximate surface area is 106 Å². The Balaban J connectivity index is 2.57. The average Bonchev–Trinajstić information content (AvgIpc) is 2.27. The van der Waals surface area contributed by atoms with Crippen molar-refractivity contribution in [3.63, 3.8) is 0 Å². The summed E-state index contributed by atoms with van der Waals surface area (Å²) in [5, 5.41) is 9.51. The lowest BCUT2D eigenvalue weighted by Crippen LogP contribution is -2.29. The summed E-state index contributed by atoms with van der Waals surface area (Å²) < 4.78 is 17.9. The number of carbonyl (C=O) groups is 1. The molecule has 1 aromatic carbocycles. The monoisotopic (exact) mass is 276 g/mol. The zero-order valence-corrected chi connectivity index (χ0v) is 9.93. The number of halogens is 3. The van der Waals surface area contributed by atoms with Gasteiger partial charge in [-0.25, -0.2) is 9.18 Å². The van der Waals surface area contributed by atoms with Crippen LogP contribution in [0.2, 0.25) is 10.0 Å². The zero-order chi connectivity index (χ0) is 12.6. The second kappa shape index (κ2) is 4.55. The minimum atomic E-state index is -1.23. The van der Waals surface area contributed by atoms with Gasteiger partial charge in [-0.15, -0.1) is 0 Å². The van der Waals surface area contributed by atoms with Gasteiger partial charge in [-0.3, -0.25) is 0 Å². The first-order chi connectivity index (χ1) is 8.02. The number of alkyl halides is 1. The maximum Gasteiger partial charge on any atom is 0.335 e. The van der Waals surface area contributed by atoms with E-state index in [1.54, 1.807) is 0 Å². The fourth-order valence-corrected chi connectivity index (χ4v) is 2.15. The van der Waals surface area contributed by atoms with E-state index in [1.165, 1.54) is 18.2 Å². The summed E-state index contributed by atoms with van der Waals surface area (Å²) in [6.45, 7) is -0.934. The number of benzene rings is 1. The predicted octanol–water partition coefficient (Wildman–Crippen LogP) is 3.19. The molecule has 0 amide bonds. The third-order valence-corrected chi connectivity index (χ3v) is 2.84. The first-order valence-corrected chi connectivity index (χ1v) is 5.45. The van der Waals surface area contributed by atoms with Crippen LogP contribution in [0.1, 0.15) is 5.56 Å². The lowest BCUT2D eigenvalue weighted by Gasteiger charge is -2.24. The first kappa shape index (κ1) is 12.2. The summed E-state index contributed by atoms with van der Waals surface area (Å²) in [5.41, 5.74) is 0.280. The third kappa shape index (κ3) is 2.23. The maximum atomic E-state index is 12.7. The molecule has 2 rings (SSSR count). The SMILES string of the molecule is O=C(O)C1=Cc2cc(Cl)cc(Cl)c2O[C@@H]1CF. The summed E-state index contributed by atoms with van der Waals surface area (Å²) in [6.07, 6.45) is 0.182. The molecule has 1 atom stereocenters. The molecule has 90 valence electrons. The van der Waals surface area contributed by atoms with Gasteiger partial charge in [0.25, 0.3) is 0 Å². The number of hydrogen-bond donors (Lipinski definition) is 1. The van der Waals surface area contributed by atoms with Crippen LogP contribution in [0, 0.1) is 0 Å². The van der Waals surface area contributed by atoms with Gasteiger partial charge in [-0.2, -0.15) is 0 Å². The predicted molar refractivity (Wildman–Crippen MR) is 62.5 cm³/mol. The minimum absolute atomic E-state index is 0.154. The maximum absolute atomic E-state index is 12.7. The molecule has 0 fully saturated rings. The molecular formula is C11H7Cl2FO3. The first-order valence-electron chi connectivity index (χ1n) is 4.69. The van der Waals surface area contributed by atoms with E-state index >= 15 is 0 Å². The molecule has 0 unspecified atom stereocenters. The van der Waals surface area contributed by atoms with Gasteiger partial charge in [0.1, 0.15) is 12.4 Å². The normalized spacial score (nSPS) is 18.1. The third-order valence-electron chi connectivity index (χ3n) is 2.34. The fraction of sp³-hybridized carbons (Fsp3) is 0.182. The van der Waals surface area contributed by atoms with Crippen LogP contribution in [0.4, 0.5) is 4.39 Å². The van der Waals surface area contributed by atoms with Crippen LogP contribution in [0.25, 0.3) is 6.08 Å². The Kier molecular flexibility index (Phi) is 3.26. The largest absolute Gasteiger partial charge is 0.480 e. The molecule has 0 spiro atoms. The number of aliphatic carboxylic acids is 1. The van der Waals surface area contributed by atoms with Crippen molar-refractivity contribution < 1.29 is 19.0 Å². The molecule has 17 heavy (non-hydrogen) atoms. The second-order valence-corrected chi connectivity index (χ2v) is 4.32. The number of ether oxygens (including phenoxy) is 1. The minimum Gasteiger partial charge on any atom is -0.480 e. The van der Waals surface area contributed by atoms with Crippen LogP contribution in [0.15, 0.2) is 17.7 Å². The van der Waals surface area contributed by atoms with Gasteiger partial charge in [0, 0.05) is 10.6 Å². The van der Waals surface area contributed by atoms with Gasteiger partial charge >= 0.3 is 5.97 Å². The summed E-state index contributed by atoms with van der Waals surface area (Å²) in [5.74, 6) is -0.974. The molecule has 0 saturated heterocycles. The van der Waals surface area contributed by atoms with Gasteiger partial charge in [0.05, 0.1) is 10.6 Å². The smallest absolute Gasteiger partial charge is 0.335 e. The van der Waals surface area contributed by atoms with E-state index in [4.69, 9.17) is 33.0 Å². The number of carboxylic acids is 1. The summed E-state index contributed by atoms with van der Waals surface area (Å²) in [7, 11) is 0. The van der Waals surface area contributed by atoms with Gasteiger partial charge in [-0.1, -0.05) is 23.2 Å². The van der Waals surface area contributed by atoms with Crippen molar-refractivity contribution in [1.29, 1.82) is 0 Å². The molecule has 0 aliphatic carbocycles. The number of fused-ring (bicyclic) bond motifs is 1. The summed E-state index contributed by atoms with van der Waals surface area (Å²) >= 11 is 11.7. The van der Waals surface area contributed by atoms with Crippen molar-refractivity contribution in [3.8, 4) is 5.75 Å². The quantitative estimate of drug-likeness (QED) is 0.903. The Morgan fingerprint density at radius 3 is 2.76 bits per heavy atom. The van der Waals surface area contributed by atoms with Crippen LogP contribution in [-0.2, 0) is 4.79 Å². The molecule has 6 heteroatoms. The van der Waals surface area contributed by atoms with Crippen molar-refractivity contribution >= 4 is 35.2 Å². The van der Waals surface area contributed by atoms with Crippen LogP contribution in [0.3, 0.4) is 0 Å². The zero-order valence-electron chi connectivity index (χ0n) is 8.41. The van der Waals surface area contributed by atoms with Crippen molar-refractivity contribution in [1.82, 2.24) is 0 Å². The van der Waals surface area contributed by atoms with Crippen molar-refractivity contribution in [2.75, 3.05) is 6.67 Å². The van der Waals surface area contributed by atoms with Crippen molar-refractivity contribution in [3.05, 3.63) is 33.3 Å². The van der Waals surface area contributed by atoms with Crippen molar-refractivity contribution in [2.45, 2.75) is 6.10 Å². The molecule has 1 heterocycles.